The van der Waals surface area contributed by atoms with E-state index in [1.54, 1.807) is 11.0 Å². The van der Waals surface area contributed by atoms with Gasteiger partial charge in [0.1, 0.15) is 6.33 Å². The summed E-state index contributed by atoms with van der Waals surface area (Å²) in [7, 11) is 0. The molecule has 1 heterocycles. The van der Waals surface area contributed by atoms with Crippen LogP contribution in [0, 0.1) is 6.92 Å². The Morgan fingerprint density at radius 3 is 2.79 bits per heavy atom. The van der Waals surface area contributed by atoms with Crippen molar-refractivity contribution in [3.63, 3.8) is 0 Å². The minimum Gasteiger partial charge on any atom is -0.325 e. The van der Waals surface area contributed by atoms with Gasteiger partial charge in [0.15, 0.2) is 0 Å². The zero-order valence-corrected chi connectivity index (χ0v) is 15.3. The first-order valence-corrected chi connectivity index (χ1v) is 9.05. The van der Waals surface area contributed by atoms with Crippen LogP contribution >= 0.6 is 27.7 Å². The Morgan fingerprint density at radius 2 is 2.04 bits per heavy atom. The van der Waals surface area contributed by atoms with Crippen LogP contribution in [0.5, 0.6) is 0 Å². The van der Waals surface area contributed by atoms with Gasteiger partial charge < -0.3 is 5.32 Å². The lowest BCUT2D eigenvalue weighted by molar-refractivity contribution is -0.113. The molecule has 0 aliphatic heterocycles. The molecule has 0 fully saturated rings. The van der Waals surface area contributed by atoms with Crippen LogP contribution in [0.15, 0.2) is 64.5 Å². The number of carbonyl (C=O) groups excluding carboxylic acids is 1. The molecule has 122 valence electrons. The van der Waals surface area contributed by atoms with Crippen molar-refractivity contribution in [1.82, 2.24) is 14.8 Å². The van der Waals surface area contributed by atoms with E-state index in [1.807, 2.05) is 55.5 Å². The Hall–Kier alpha value is -2.12. The van der Waals surface area contributed by atoms with Crippen LogP contribution in [0.1, 0.15) is 5.56 Å². The van der Waals surface area contributed by atoms with Crippen molar-refractivity contribution in [3.8, 4) is 5.69 Å². The molecule has 0 saturated heterocycles. The summed E-state index contributed by atoms with van der Waals surface area (Å²) >= 11 is 4.72. The van der Waals surface area contributed by atoms with E-state index in [0.29, 0.717) is 5.16 Å². The van der Waals surface area contributed by atoms with Gasteiger partial charge in [-0.25, -0.2) is 9.67 Å². The lowest BCUT2D eigenvalue weighted by atomic mass is 10.2. The predicted molar refractivity (Wildman–Crippen MR) is 99.6 cm³/mol. The van der Waals surface area contributed by atoms with Gasteiger partial charge in [0.05, 0.1) is 11.4 Å². The number of nitrogens with one attached hydrogen (secondary N) is 1. The number of carbonyl (C=O) groups is 1. The molecule has 0 spiro atoms. The van der Waals surface area contributed by atoms with Gasteiger partial charge in [-0.15, -0.1) is 5.10 Å². The van der Waals surface area contributed by atoms with Crippen LogP contribution in [-0.4, -0.2) is 26.4 Å². The first-order valence-electron chi connectivity index (χ1n) is 7.28. The summed E-state index contributed by atoms with van der Waals surface area (Å²) in [6.07, 6.45) is 1.65. The summed E-state index contributed by atoms with van der Waals surface area (Å²) in [5, 5.41) is 7.85. The van der Waals surface area contributed by atoms with E-state index >= 15 is 0 Å². The molecule has 1 amide bonds. The average Bonchev–Trinajstić information content (AvgIpc) is 3.05. The number of hydrogen-bond acceptors (Lipinski definition) is 4. The van der Waals surface area contributed by atoms with Gasteiger partial charge in [0, 0.05) is 10.2 Å². The SMILES string of the molecule is Cc1cc(Br)ccc1NC(=O)CSc1ncn(-c2ccccc2)n1. The predicted octanol–water partition coefficient (Wildman–Crippen LogP) is 4.07. The molecule has 0 radical (unpaired) electrons. The number of halogens is 1. The smallest absolute Gasteiger partial charge is 0.234 e. The number of aryl methyl sites for hydroxylation is 1. The van der Waals surface area contributed by atoms with E-state index in [0.717, 1.165) is 21.4 Å². The standard InChI is InChI=1S/C17H15BrN4OS/c1-12-9-13(18)7-8-15(12)20-16(23)10-24-17-19-11-22(21-17)14-5-3-2-4-6-14/h2-9,11H,10H2,1H3,(H,20,23). The van der Waals surface area contributed by atoms with E-state index in [9.17, 15) is 4.79 Å². The fraction of sp³-hybridized carbons (Fsp3) is 0.118. The zero-order valence-electron chi connectivity index (χ0n) is 12.9. The maximum atomic E-state index is 12.1. The van der Waals surface area contributed by atoms with Crippen LogP contribution in [0.2, 0.25) is 0 Å². The van der Waals surface area contributed by atoms with Crippen LogP contribution in [0.25, 0.3) is 5.69 Å². The second kappa shape index (κ2) is 7.63. The van der Waals surface area contributed by atoms with E-state index in [2.05, 4.69) is 31.3 Å². The Labute approximate surface area is 152 Å². The number of nitrogens with zero attached hydrogens (tertiary/aromatic N) is 3. The van der Waals surface area contributed by atoms with Gasteiger partial charge in [-0.3, -0.25) is 4.79 Å². The molecule has 3 aromatic rings. The Bertz CT molecular complexity index is 851. The maximum absolute atomic E-state index is 12.1. The maximum Gasteiger partial charge on any atom is 0.234 e. The fourth-order valence-corrected chi connectivity index (χ4v) is 3.18. The lowest BCUT2D eigenvalue weighted by Gasteiger charge is -2.07. The first kappa shape index (κ1) is 16.7. The van der Waals surface area contributed by atoms with Crippen LogP contribution < -0.4 is 5.32 Å². The number of thioether (sulfide) groups is 1. The summed E-state index contributed by atoms with van der Waals surface area (Å²) in [6.45, 7) is 1.95. The molecule has 0 aliphatic rings. The molecule has 0 aliphatic carbocycles. The van der Waals surface area contributed by atoms with E-state index in [4.69, 9.17) is 0 Å². The van der Waals surface area contributed by atoms with E-state index < -0.39 is 0 Å². The van der Waals surface area contributed by atoms with E-state index in [1.165, 1.54) is 11.8 Å². The second-order valence-electron chi connectivity index (χ2n) is 5.10. The molecule has 3 rings (SSSR count). The molecular formula is C17H15BrN4OS. The number of aromatic nitrogens is 3. The molecule has 0 saturated carbocycles. The number of para-hydroxylation sites is 1. The minimum atomic E-state index is -0.0820. The Kier molecular flexibility index (Phi) is 5.32. The summed E-state index contributed by atoms with van der Waals surface area (Å²) in [5.41, 5.74) is 2.76. The van der Waals surface area contributed by atoms with Crippen molar-refractivity contribution in [2.75, 3.05) is 11.1 Å². The van der Waals surface area contributed by atoms with Crippen molar-refractivity contribution in [1.29, 1.82) is 0 Å². The topological polar surface area (TPSA) is 59.8 Å². The third kappa shape index (κ3) is 4.24. The molecule has 0 atom stereocenters. The van der Waals surface area contributed by atoms with Crippen molar-refractivity contribution >= 4 is 39.3 Å². The van der Waals surface area contributed by atoms with Gasteiger partial charge >= 0.3 is 0 Å². The summed E-state index contributed by atoms with van der Waals surface area (Å²) in [4.78, 5) is 16.3. The Morgan fingerprint density at radius 1 is 1.25 bits per heavy atom. The monoisotopic (exact) mass is 402 g/mol. The number of amides is 1. The molecular weight excluding hydrogens is 388 g/mol. The third-order valence-corrected chi connectivity index (χ3v) is 4.63. The lowest BCUT2D eigenvalue weighted by Crippen LogP contribution is -2.14. The number of rotatable bonds is 5. The average molecular weight is 403 g/mol. The summed E-state index contributed by atoms with van der Waals surface area (Å²) in [5.74, 6) is 0.176. The molecule has 24 heavy (non-hydrogen) atoms. The first-order chi connectivity index (χ1) is 11.6. The minimum absolute atomic E-state index is 0.0820. The van der Waals surface area contributed by atoms with Crippen molar-refractivity contribution in [2.45, 2.75) is 12.1 Å². The summed E-state index contributed by atoms with van der Waals surface area (Å²) in [6, 6.07) is 15.5. The highest BCUT2D eigenvalue weighted by Crippen LogP contribution is 2.21. The molecule has 5 nitrogen and oxygen atoms in total. The van der Waals surface area contributed by atoms with Gasteiger partial charge in [-0.2, -0.15) is 0 Å². The van der Waals surface area contributed by atoms with Gasteiger partial charge in [-0.05, 0) is 42.8 Å². The quantitative estimate of drug-likeness (QED) is 0.653. The zero-order chi connectivity index (χ0) is 16.9. The molecule has 2 aromatic carbocycles. The van der Waals surface area contributed by atoms with Gasteiger partial charge in [0.2, 0.25) is 11.1 Å². The highest BCUT2D eigenvalue weighted by Gasteiger charge is 2.09. The molecule has 7 heteroatoms. The van der Waals surface area contributed by atoms with Crippen LogP contribution in [-0.2, 0) is 4.79 Å². The third-order valence-electron chi connectivity index (χ3n) is 3.29. The van der Waals surface area contributed by atoms with Crippen LogP contribution in [0.3, 0.4) is 0 Å². The van der Waals surface area contributed by atoms with E-state index in [-0.39, 0.29) is 11.7 Å². The summed E-state index contributed by atoms with van der Waals surface area (Å²) < 4.78 is 2.68. The number of hydrogen-bond donors (Lipinski definition) is 1. The highest BCUT2D eigenvalue weighted by molar-refractivity contribution is 9.10. The Balaban J connectivity index is 1.58. The number of anilines is 1. The highest BCUT2D eigenvalue weighted by atomic mass is 79.9. The van der Waals surface area contributed by atoms with Crippen molar-refractivity contribution < 1.29 is 4.79 Å². The van der Waals surface area contributed by atoms with Crippen molar-refractivity contribution in [3.05, 3.63) is 64.9 Å². The largest absolute Gasteiger partial charge is 0.325 e. The number of benzene rings is 2. The molecule has 1 N–H and O–H groups in total. The normalized spacial score (nSPS) is 10.6. The van der Waals surface area contributed by atoms with Gasteiger partial charge in [-0.1, -0.05) is 45.9 Å². The molecule has 0 unspecified atom stereocenters. The van der Waals surface area contributed by atoms with Gasteiger partial charge in [0.25, 0.3) is 0 Å². The van der Waals surface area contributed by atoms with Crippen LogP contribution in [0.4, 0.5) is 5.69 Å². The molecule has 1 aromatic heterocycles. The molecule has 0 bridgehead atoms. The van der Waals surface area contributed by atoms with Crippen molar-refractivity contribution in [2.24, 2.45) is 0 Å². The second-order valence-corrected chi connectivity index (χ2v) is 6.96. The fourth-order valence-electron chi connectivity index (χ4n) is 2.10.